The summed E-state index contributed by atoms with van der Waals surface area (Å²) in [4.78, 5) is 25.4. The van der Waals surface area contributed by atoms with Crippen molar-refractivity contribution < 1.29 is 14.0 Å². The van der Waals surface area contributed by atoms with Crippen LogP contribution in [0.4, 0.5) is 5.69 Å². The van der Waals surface area contributed by atoms with Crippen molar-refractivity contribution in [3.63, 3.8) is 0 Å². The summed E-state index contributed by atoms with van der Waals surface area (Å²) >= 11 is 5.65. The second-order valence-corrected chi connectivity index (χ2v) is 4.78. The van der Waals surface area contributed by atoms with Crippen LogP contribution in [0, 0.1) is 0 Å². The van der Waals surface area contributed by atoms with E-state index >= 15 is 0 Å². The molecule has 0 unspecified atom stereocenters. The van der Waals surface area contributed by atoms with Gasteiger partial charge in [0.15, 0.2) is 11.0 Å². The van der Waals surface area contributed by atoms with E-state index in [-0.39, 0.29) is 22.7 Å². The number of hydrogen-bond donors (Lipinski definition) is 0. The minimum absolute atomic E-state index is 0.0284. The molecule has 0 saturated heterocycles. The lowest BCUT2D eigenvalue weighted by Gasteiger charge is -2.09. The molecule has 2 heterocycles. The molecule has 4 nitrogen and oxygen atoms in total. The summed E-state index contributed by atoms with van der Waals surface area (Å²) in [6, 6.07) is 8.26. The average molecular weight is 276 g/mol. The monoisotopic (exact) mass is 275 g/mol. The lowest BCUT2D eigenvalue weighted by Crippen LogP contribution is -2.20. The highest BCUT2D eigenvalue weighted by Crippen LogP contribution is 2.29. The van der Waals surface area contributed by atoms with Crippen molar-refractivity contribution in [1.29, 1.82) is 0 Å². The first-order valence-corrected chi connectivity index (χ1v) is 6.13. The first-order chi connectivity index (χ1) is 9.06. The fourth-order valence-corrected chi connectivity index (χ4v) is 2.34. The normalized spacial score (nSPS) is 13.8. The molecule has 0 atom stereocenters. The first kappa shape index (κ1) is 12.0. The average Bonchev–Trinajstić information content (AvgIpc) is 2.94. The molecule has 0 saturated carbocycles. The summed E-state index contributed by atoms with van der Waals surface area (Å²) < 4.78 is 5.10. The summed E-state index contributed by atoms with van der Waals surface area (Å²) in [7, 11) is 1.72. The van der Waals surface area contributed by atoms with Gasteiger partial charge in [0.2, 0.25) is 11.7 Å². The Morgan fingerprint density at radius 3 is 2.79 bits per heavy atom. The Bertz CT molecular complexity index is 690. The SMILES string of the molecule is CN1C(=O)Cc2cc(C(=O)c3ccc(Cl)o3)ccc21. The van der Waals surface area contributed by atoms with E-state index in [2.05, 4.69) is 0 Å². The number of ketones is 1. The Morgan fingerprint density at radius 1 is 1.32 bits per heavy atom. The number of anilines is 1. The summed E-state index contributed by atoms with van der Waals surface area (Å²) in [5.41, 5.74) is 2.20. The minimum Gasteiger partial charge on any atom is -0.441 e. The van der Waals surface area contributed by atoms with E-state index in [0.29, 0.717) is 12.0 Å². The van der Waals surface area contributed by atoms with Gasteiger partial charge in [0.05, 0.1) is 6.42 Å². The van der Waals surface area contributed by atoms with Gasteiger partial charge in [-0.3, -0.25) is 9.59 Å². The third-order valence-corrected chi connectivity index (χ3v) is 3.42. The molecule has 3 rings (SSSR count). The quantitative estimate of drug-likeness (QED) is 0.792. The van der Waals surface area contributed by atoms with Crippen LogP contribution in [0.1, 0.15) is 21.7 Å². The molecule has 0 N–H and O–H groups in total. The molecule has 1 amide bonds. The Kier molecular flexibility index (Phi) is 2.68. The zero-order valence-electron chi connectivity index (χ0n) is 10.1. The molecule has 1 aromatic heterocycles. The Labute approximate surface area is 114 Å². The van der Waals surface area contributed by atoms with Gasteiger partial charge in [0.25, 0.3) is 0 Å². The Hall–Kier alpha value is -2.07. The van der Waals surface area contributed by atoms with Crippen LogP contribution in [0.3, 0.4) is 0 Å². The van der Waals surface area contributed by atoms with E-state index in [0.717, 1.165) is 11.3 Å². The molecule has 0 spiro atoms. The number of rotatable bonds is 2. The van der Waals surface area contributed by atoms with E-state index in [1.807, 2.05) is 0 Å². The highest BCUT2D eigenvalue weighted by Gasteiger charge is 2.25. The number of fused-ring (bicyclic) bond motifs is 1. The van der Waals surface area contributed by atoms with Gasteiger partial charge in [-0.2, -0.15) is 0 Å². The van der Waals surface area contributed by atoms with Crippen molar-refractivity contribution in [2.24, 2.45) is 0 Å². The number of halogens is 1. The standard InChI is InChI=1S/C14H10ClNO3/c1-16-10-3-2-8(6-9(10)7-13(16)17)14(18)11-4-5-12(15)19-11/h2-6H,7H2,1H3. The van der Waals surface area contributed by atoms with Crippen molar-refractivity contribution in [3.05, 3.63) is 52.4 Å². The number of carbonyl (C=O) groups excluding carboxylic acids is 2. The molecule has 5 heteroatoms. The highest BCUT2D eigenvalue weighted by molar-refractivity contribution is 6.29. The lowest BCUT2D eigenvalue weighted by molar-refractivity contribution is -0.117. The lowest BCUT2D eigenvalue weighted by atomic mass is 10.0. The molecule has 0 aliphatic carbocycles. The van der Waals surface area contributed by atoms with Crippen LogP contribution >= 0.6 is 11.6 Å². The van der Waals surface area contributed by atoms with Crippen LogP contribution in [0.25, 0.3) is 0 Å². The molecule has 1 aliphatic rings. The molecule has 96 valence electrons. The molecule has 0 radical (unpaired) electrons. The molecule has 19 heavy (non-hydrogen) atoms. The van der Waals surface area contributed by atoms with Gasteiger partial charge in [0, 0.05) is 18.3 Å². The maximum Gasteiger partial charge on any atom is 0.231 e. The molecule has 0 fully saturated rings. The van der Waals surface area contributed by atoms with Gasteiger partial charge in [-0.25, -0.2) is 0 Å². The van der Waals surface area contributed by atoms with Crippen molar-refractivity contribution in [3.8, 4) is 0 Å². The first-order valence-electron chi connectivity index (χ1n) is 5.76. The topological polar surface area (TPSA) is 50.5 Å². The Morgan fingerprint density at radius 2 is 2.11 bits per heavy atom. The predicted octanol–water partition coefficient (Wildman–Crippen LogP) is 2.68. The van der Waals surface area contributed by atoms with E-state index in [9.17, 15) is 9.59 Å². The zero-order valence-corrected chi connectivity index (χ0v) is 10.9. The van der Waals surface area contributed by atoms with Crippen LogP contribution in [0.15, 0.2) is 34.7 Å². The number of likely N-dealkylation sites (N-methyl/N-ethyl adjacent to an activating group) is 1. The van der Waals surface area contributed by atoms with E-state index in [1.165, 1.54) is 12.1 Å². The summed E-state index contributed by atoms with van der Waals surface area (Å²) in [5, 5.41) is 0.180. The predicted molar refractivity (Wildman–Crippen MR) is 70.7 cm³/mol. The second-order valence-electron chi connectivity index (χ2n) is 4.41. The number of hydrogen-bond acceptors (Lipinski definition) is 3. The molecular formula is C14H10ClNO3. The van der Waals surface area contributed by atoms with Crippen LogP contribution in [-0.4, -0.2) is 18.7 Å². The number of carbonyl (C=O) groups is 2. The number of benzene rings is 1. The van der Waals surface area contributed by atoms with Crippen LogP contribution < -0.4 is 4.90 Å². The van der Waals surface area contributed by atoms with Gasteiger partial charge < -0.3 is 9.32 Å². The molecule has 2 aromatic rings. The maximum absolute atomic E-state index is 12.2. The van der Waals surface area contributed by atoms with Crippen LogP contribution in [0.5, 0.6) is 0 Å². The van der Waals surface area contributed by atoms with Crippen molar-refractivity contribution >= 4 is 29.0 Å². The van der Waals surface area contributed by atoms with Crippen LogP contribution in [0.2, 0.25) is 5.22 Å². The molecular weight excluding hydrogens is 266 g/mol. The zero-order chi connectivity index (χ0) is 13.6. The molecule has 0 bridgehead atoms. The van der Waals surface area contributed by atoms with Gasteiger partial charge >= 0.3 is 0 Å². The van der Waals surface area contributed by atoms with Gasteiger partial charge in [0.1, 0.15) is 0 Å². The van der Waals surface area contributed by atoms with E-state index < -0.39 is 0 Å². The van der Waals surface area contributed by atoms with Gasteiger partial charge in [-0.1, -0.05) is 0 Å². The molecule has 1 aromatic carbocycles. The second kappa shape index (κ2) is 4.24. The number of nitrogens with zero attached hydrogens (tertiary/aromatic N) is 1. The molecule has 1 aliphatic heterocycles. The fraction of sp³-hybridized carbons (Fsp3) is 0.143. The largest absolute Gasteiger partial charge is 0.441 e. The third kappa shape index (κ3) is 1.94. The van der Waals surface area contributed by atoms with Gasteiger partial charge in [-0.15, -0.1) is 0 Å². The summed E-state index contributed by atoms with van der Waals surface area (Å²) in [5.74, 6) is -0.0139. The summed E-state index contributed by atoms with van der Waals surface area (Å²) in [6.07, 6.45) is 0.325. The number of amides is 1. The smallest absolute Gasteiger partial charge is 0.231 e. The number of furan rings is 1. The van der Waals surface area contributed by atoms with Crippen molar-refractivity contribution in [1.82, 2.24) is 0 Å². The Balaban J connectivity index is 1.98. The minimum atomic E-state index is -0.239. The van der Waals surface area contributed by atoms with E-state index in [4.69, 9.17) is 16.0 Å². The van der Waals surface area contributed by atoms with Crippen molar-refractivity contribution in [2.45, 2.75) is 6.42 Å². The van der Waals surface area contributed by atoms with Crippen molar-refractivity contribution in [2.75, 3.05) is 11.9 Å². The highest BCUT2D eigenvalue weighted by atomic mass is 35.5. The van der Waals surface area contributed by atoms with Crippen LogP contribution in [-0.2, 0) is 11.2 Å². The van der Waals surface area contributed by atoms with Gasteiger partial charge in [-0.05, 0) is 47.5 Å². The fourth-order valence-electron chi connectivity index (χ4n) is 2.19. The summed E-state index contributed by atoms with van der Waals surface area (Å²) in [6.45, 7) is 0. The maximum atomic E-state index is 12.2. The third-order valence-electron chi connectivity index (χ3n) is 3.22. The van der Waals surface area contributed by atoms with E-state index in [1.54, 1.807) is 30.1 Å².